The van der Waals surface area contributed by atoms with E-state index < -0.39 is 5.54 Å². The second-order valence-electron chi connectivity index (χ2n) is 3.22. The molecule has 2 rings (SSSR count). The summed E-state index contributed by atoms with van der Waals surface area (Å²) in [6, 6.07) is 1.73. The molecule has 1 aromatic heterocycles. The number of esters is 1. The first kappa shape index (κ1) is 10.2. The van der Waals surface area contributed by atoms with E-state index in [1.54, 1.807) is 10.7 Å². The first-order valence-corrected chi connectivity index (χ1v) is 5.56. The van der Waals surface area contributed by atoms with Crippen LogP contribution in [0, 0.1) is 3.70 Å². The number of hydrogen-bond donors (Lipinski definition) is 0. The van der Waals surface area contributed by atoms with E-state index in [2.05, 4.69) is 27.7 Å². The maximum atomic E-state index is 11.5. The van der Waals surface area contributed by atoms with Crippen molar-refractivity contribution >= 4 is 40.2 Å². The highest BCUT2D eigenvalue weighted by atomic mass is 127. The van der Waals surface area contributed by atoms with Crippen molar-refractivity contribution < 1.29 is 9.53 Å². The van der Waals surface area contributed by atoms with E-state index in [0.29, 0.717) is 5.15 Å². The van der Waals surface area contributed by atoms with Gasteiger partial charge in [-0.1, -0.05) is 11.6 Å². The molecule has 0 bridgehead atoms. The number of aromatic nitrogens is 2. The predicted octanol–water partition coefficient (Wildman–Crippen LogP) is 1.80. The summed E-state index contributed by atoms with van der Waals surface area (Å²) in [5, 5.41) is 4.67. The molecule has 1 fully saturated rings. The van der Waals surface area contributed by atoms with Crippen LogP contribution >= 0.6 is 34.2 Å². The first-order valence-electron chi connectivity index (χ1n) is 4.10. The van der Waals surface area contributed by atoms with Gasteiger partial charge in [-0.2, -0.15) is 5.10 Å². The molecule has 0 aliphatic heterocycles. The molecule has 6 heteroatoms. The average Bonchev–Trinajstić information content (AvgIpc) is 2.88. The van der Waals surface area contributed by atoms with Gasteiger partial charge in [0, 0.05) is 6.07 Å². The minimum atomic E-state index is -0.630. The Hall–Kier alpha value is -0.300. The number of rotatable bonds is 2. The molecular formula is C8H8ClIN2O2. The summed E-state index contributed by atoms with van der Waals surface area (Å²) in [5.41, 5.74) is -0.630. The summed E-state index contributed by atoms with van der Waals surface area (Å²) < 4.78 is 7.07. The number of methoxy groups -OCH3 is 1. The van der Waals surface area contributed by atoms with Gasteiger partial charge in [-0.05, 0) is 35.4 Å². The number of halogens is 2. The van der Waals surface area contributed by atoms with E-state index in [9.17, 15) is 4.79 Å². The third-order valence-electron chi connectivity index (χ3n) is 2.33. The van der Waals surface area contributed by atoms with Crippen molar-refractivity contribution in [3.63, 3.8) is 0 Å². The minimum Gasteiger partial charge on any atom is -0.467 e. The maximum absolute atomic E-state index is 11.5. The van der Waals surface area contributed by atoms with Crippen LogP contribution in [0.3, 0.4) is 0 Å². The maximum Gasteiger partial charge on any atom is 0.333 e. The Kier molecular flexibility index (Phi) is 2.46. The fourth-order valence-electron chi connectivity index (χ4n) is 1.44. The predicted molar refractivity (Wildman–Crippen MR) is 59.2 cm³/mol. The lowest BCUT2D eigenvalue weighted by molar-refractivity contribution is -0.146. The molecule has 4 nitrogen and oxygen atoms in total. The topological polar surface area (TPSA) is 44.1 Å². The van der Waals surface area contributed by atoms with Crippen LogP contribution in [0.2, 0.25) is 5.15 Å². The third-order valence-corrected chi connectivity index (χ3v) is 3.13. The molecule has 1 aliphatic rings. The van der Waals surface area contributed by atoms with Crippen molar-refractivity contribution in [1.29, 1.82) is 0 Å². The Balaban J connectivity index is 2.39. The normalized spacial score (nSPS) is 17.9. The lowest BCUT2D eigenvalue weighted by Gasteiger charge is -2.13. The summed E-state index contributed by atoms with van der Waals surface area (Å²) >= 11 is 8.02. The number of hydrogen-bond acceptors (Lipinski definition) is 3. The number of nitrogens with zero attached hydrogens (tertiary/aromatic N) is 2. The molecule has 0 atom stereocenters. The number of carbonyl (C=O) groups is 1. The largest absolute Gasteiger partial charge is 0.467 e. The van der Waals surface area contributed by atoms with Crippen LogP contribution in [-0.4, -0.2) is 22.9 Å². The lowest BCUT2D eigenvalue weighted by atomic mass is 10.3. The van der Waals surface area contributed by atoms with E-state index in [1.165, 1.54) is 7.11 Å². The molecule has 0 aromatic carbocycles. The van der Waals surface area contributed by atoms with E-state index in [0.717, 1.165) is 16.5 Å². The molecule has 1 aromatic rings. The molecule has 1 saturated carbocycles. The van der Waals surface area contributed by atoms with Gasteiger partial charge in [0.1, 0.15) is 8.85 Å². The van der Waals surface area contributed by atoms with Crippen molar-refractivity contribution in [2.75, 3.05) is 7.11 Å². The van der Waals surface area contributed by atoms with Gasteiger partial charge in [0.2, 0.25) is 0 Å². The zero-order chi connectivity index (χ0) is 10.3. The van der Waals surface area contributed by atoms with Crippen LogP contribution in [0.1, 0.15) is 12.8 Å². The van der Waals surface area contributed by atoms with Gasteiger partial charge in [-0.3, -0.25) is 0 Å². The minimum absolute atomic E-state index is 0.265. The van der Waals surface area contributed by atoms with E-state index in [4.69, 9.17) is 16.3 Å². The lowest BCUT2D eigenvalue weighted by Crippen LogP contribution is -2.30. The highest BCUT2D eigenvalue weighted by molar-refractivity contribution is 14.1. The van der Waals surface area contributed by atoms with Crippen LogP contribution in [-0.2, 0) is 15.1 Å². The quantitative estimate of drug-likeness (QED) is 0.615. The monoisotopic (exact) mass is 326 g/mol. The molecule has 1 heterocycles. The zero-order valence-electron chi connectivity index (χ0n) is 7.46. The SMILES string of the molecule is COC(=O)C1(n2nc(I)cc2Cl)CC1. The van der Waals surface area contributed by atoms with E-state index in [1.807, 2.05) is 0 Å². The standard InChI is InChI=1S/C8H8ClIN2O2/c1-14-7(13)8(2-3-8)12-5(9)4-6(10)11-12/h4H,2-3H2,1H3. The smallest absolute Gasteiger partial charge is 0.333 e. The molecule has 1 aliphatic carbocycles. The van der Waals surface area contributed by atoms with E-state index in [-0.39, 0.29) is 5.97 Å². The summed E-state index contributed by atoms with van der Waals surface area (Å²) in [6.45, 7) is 0. The second-order valence-corrected chi connectivity index (χ2v) is 4.72. The molecular weight excluding hydrogens is 318 g/mol. The molecule has 0 spiro atoms. The number of carbonyl (C=O) groups excluding carboxylic acids is 1. The van der Waals surface area contributed by atoms with Gasteiger partial charge >= 0.3 is 5.97 Å². The van der Waals surface area contributed by atoms with Crippen molar-refractivity contribution in [3.8, 4) is 0 Å². The molecule has 0 saturated heterocycles. The fraction of sp³-hybridized carbons (Fsp3) is 0.500. The Morgan fingerprint density at radius 3 is 2.79 bits per heavy atom. The highest BCUT2D eigenvalue weighted by Crippen LogP contribution is 2.45. The highest BCUT2D eigenvalue weighted by Gasteiger charge is 2.55. The fourth-order valence-corrected chi connectivity index (χ4v) is 2.44. The summed E-state index contributed by atoms with van der Waals surface area (Å²) in [4.78, 5) is 11.5. The molecule has 14 heavy (non-hydrogen) atoms. The Labute approximate surface area is 99.7 Å². The van der Waals surface area contributed by atoms with Gasteiger partial charge in [-0.15, -0.1) is 0 Å². The van der Waals surface area contributed by atoms with Crippen molar-refractivity contribution in [2.45, 2.75) is 18.4 Å². The molecule has 0 amide bonds. The van der Waals surface area contributed by atoms with Gasteiger partial charge in [0.05, 0.1) is 7.11 Å². The zero-order valence-corrected chi connectivity index (χ0v) is 10.4. The molecule has 0 N–H and O–H groups in total. The van der Waals surface area contributed by atoms with Crippen LogP contribution in [0.5, 0.6) is 0 Å². The number of ether oxygens (including phenoxy) is 1. The van der Waals surface area contributed by atoms with E-state index >= 15 is 0 Å². The second kappa shape index (κ2) is 3.37. The van der Waals surface area contributed by atoms with Gasteiger partial charge in [0.25, 0.3) is 0 Å². The molecule has 76 valence electrons. The Bertz CT molecular complexity index is 387. The van der Waals surface area contributed by atoms with Gasteiger partial charge < -0.3 is 4.74 Å². The van der Waals surface area contributed by atoms with Crippen LogP contribution < -0.4 is 0 Å². The third kappa shape index (κ3) is 1.42. The van der Waals surface area contributed by atoms with Crippen LogP contribution in [0.15, 0.2) is 6.07 Å². The summed E-state index contributed by atoms with van der Waals surface area (Å²) in [5.74, 6) is -0.265. The summed E-state index contributed by atoms with van der Waals surface area (Å²) in [7, 11) is 1.38. The molecule has 0 unspecified atom stereocenters. The van der Waals surface area contributed by atoms with Crippen LogP contribution in [0.4, 0.5) is 0 Å². The van der Waals surface area contributed by atoms with Crippen molar-refractivity contribution in [1.82, 2.24) is 9.78 Å². The Morgan fingerprint density at radius 1 is 1.79 bits per heavy atom. The average molecular weight is 327 g/mol. The van der Waals surface area contributed by atoms with Crippen LogP contribution in [0.25, 0.3) is 0 Å². The van der Waals surface area contributed by atoms with Crippen molar-refractivity contribution in [2.24, 2.45) is 0 Å². The van der Waals surface area contributed by atoms with Gasteiger partial charge in [0.15, 0.2) is 5.54 Å². The van der Waals surface area contributed by atoms with Gasteiger partial charge in [-0.25, -0.2) is 9.48 Å². The molecule has 0 radical (unpaired) electrons. The first-order chi connectivity index (χ1) is 6.60. The van der Waals surface area contributed by atoms with Crippen molar-refractivity contribution in [3.05, 3.63) is 14.9 Å². The summed E-state index contributed by atoms with van der Waals surface area (Å²) in [6.07, 6.45) is 1.49. The Morgan fingerprint density at radius 2 is 2.43 bits per heavy atom.